The zero-order chi connectivity index (χ0) is 12.0. The maximum atomic E-state index is 5.87. The molecule has 0 aromatic heterocycles. The number of methoxy groups -OCH3 is 1. The van der Waals surface area contributed by atoms with E-state index in [0.717, 1.165) is 27.8 Å². The SMILES string of the molecule is COc1c(Br)cc2c(c1Br)[C@H]1CNC[C@H]1OC2. The summed E-state index contributed by atoms with van der Waals surface area (Å²) >= 11 is 7.21. The lowest BCUT2D eigenvalue weighted by atomic mass is 9.89. The lowest BCUT2D eigenvalue weighted by molar-refractivity contribution is 0.0295. The van der Waals surface area contributed by atoms with E-state index in [2.05, 4.69) is 43.2 Å². The second-order valence-electron chi connectivity index (χ2n) is 4.39. The second-order valence-corrected chi connectivity index (χ2v) is 6.04. The number of nitrogens with one attached hydrogen (secondary N) is 1. The van der Waals surface area contributed by atoms with E-state index in [4.69, 9.17) is 9.47 Å². The molecule has 3 nitrogen and oxygen atoms in total. The van der Waals surface area contributed by atoms with Gasteiger partial charge in [0.1, 0.15) is 5.75 Å². The summed E-state index contributed by atoms with van der Waals surface area (Å²) < 4.78 is 13.3. The summed E-state index contributed by atoms with van der Waals surface area (Å²) in [6, 6.07) is 2.10. The number of halogens is 2. The van der Waals surface area contributed by atoms with Gasteiger partial charge in [0.25, 0.3) is 0 Å². The first kappa shape index (κ1) is 12.0. The topological polar surface area (TPSA) is 30.5 Å². The summed E-state index contributed by atoms with van der Waals surface area (Å²) in [6.07, 6.45) is 0.296. The van der Waals surface area contributed by atoms with Crippen LogP contribution in [0.1, 0.15) is 17.0 Å². The molecular formula is C12H13Br2NO2. The Kier molecular flexibility index (Phi) is 3.19. The number of ether oxygens (including phenoxy) is 2. The Hall–Kier alpha value is -0.100. The first-order valence-corrected chi connectivity index (χ1v) is 7.18. The van der Waals surface area contributed by atoms with Crippen molar-refractivity contribution in [2.24, 2.45) is 0 Å². The van der Waals surface area contributed by atoms with Gasteiger partial charge in [0, 0.05) is 19.0 Å². The Morgan fingerprint density at radius 1 is 1.41 bits per heavy atom. The van der Waals surface area contributed by atoms with Crippen LogP contribution in [0.3, 0.4) is 0 Å². The minimum absolute atomic E-state index is 0.296. The van der Waals surface area contributed by atoms with Crippen molar-refractivity contribution in [3.8, 4) is 5.75 Å². The molecule has 2 atom stereocenters. The summed E-state index contributed by atoms with van der Waals surface area (Å²) in [7, 11) is 1.70. The minimum Gasteiger partial charge on any atom is -0.494 e. The van der Waals surface area contributed by atoms with Crippen molar-refractivity contribution >= 4 is 31.9 Å². The van der Waals surface area contributed by atoms with Gasteiger partial charge in [-0.1, -0.05) is 0 Å². The summed E-state index contributed by atoms with van der Waals surface area (Å²) in [4.78, 5) is 0. The monoisotopic (exact) mass is 361 g/mol. The average molecular weight is 363 g/mol. The van der Waals surface area contributed by atoms with Crippen molar-refractivity contribution in [3.05, 3.63) is 26.1 Å². The maximum Gasteiger partial charge on any atom is 0.147 e. The Morgan fingerprint density at radius 2 is 2.24 bits per heavy atom. The predicted octanol–water partition coefficient (Wildman–Crippen LogP) is 2.81. The molecule has 92 valence electrons. The predicted molar refractivity (Wildman–Crippen MR) is 72.6 cm³/mol. The molecule has 2 heterocycles. The van der Waals surface area contributed by atoms with Crippen LogP contribution in [0.5, 0.6) is 5.75 Å². The highest BCUT2D eigenvalue weighted by Crippen LogP contribution is 2.45. The van der Waals surface area contributed by atoms with Crippen molar-refractivity contribution in [1.29, 1.82) is 0 Å². The molecule has 1 saturated heterocycles. The largest absolute Gasteiger partial charge is 0.494 e. The molecule has 2 aliphatic rings. The first-order valence-electron chi connectivity index (χ1n) is 5.59. The van der Waals surface area contributed by atoms with E-state index >= 15 is 0 Å². The van der Waals surface area contributed by atoms with Crippen LogP contribution in [0, 0.1) is 0 Å². The summed E-state index contributed by atoms with van der Waals surface area (Å²) in [6.45, 7) is 2.59. The molecule has 1 N–H and O–H groups in total. The highest BCUT2D eigenvalue weighted by Gasteiger charge is 2.37. The molecule has 0 aliphatic carbocycles. The molecule has 0 radical (unpaired) electrons. The zero-order valence-electron chi connectivity index (χ0n) is 9.43. The fourth-order valence-electron chi connectivity index (χ4n) is 2.69. The fourth-order valence-corrected chi connectivity index (χ4v) is 4.51. The number of benzene rings is 1. The quantitative estimate of drug-likeness (QED) is 0.833. The van der Waals surface area contributed by atoms with Crippen LogP contribution in [0.25, 0.3) is 0 Å². The molecule has 0 unspecified atom stereocenters. The third-order valence-electron chi connectivity index (χ3n) is 3.49. The molecule has 17 heavy (non-hydrogen) atoms. The number of rotatable bonds is 1. The molecule has 3 rings (SSSR count). The van der Waals surface area contributed by atoms with Gasteiger partial charge in [-0.05, 0) is 49.1 Å². The summed E-state index contributed by atoms with van der Waals surface area (Å²) in [5.41, 5.74) is 2.58. The maximum absolute atomic E-state index is 5.87. The standard InChI is InChI=1S/C12H13Br2NO2/c1-16-12-8(13)2-6-5-17-9-4-15-3-7(9)10(6)11(12)14/h2,7,9,15H,3-5H2,1H3/t7-,9+/m0/s1. The molecule has 1 aromatic rings. The Balaban J connectivity index is 2.16. The molecule has 0 spiro atoms. The minimum atomic E-state index is 0.296. The van der Waals surface area contributed by atoms with Gasteiger partial charge in [0.05, 0.1) is 28.8 Å². The van der Waals surface area contributed by atoms with Crippen LogP contribution in [-0.2, 0) is 11.3 Å². The molecule has 5 heteroatoms. The molecule has 0 saturated carbocycles. The molecule has 0 bridgehead atoms. The molecule has 2 aliphatic heterocycles. The van der Waals surface area contributed by atoms with Gasteiger partial charge in [-0.2, -0.15) is 0 Å². The highest BCUT2D eigenvalue weighted by molar-refractivity contribution is 9.11. The van der Waals surface area contributed by atoms with Gasteiger partial charge < -0.3 is 14.8 Å². The van der Waals surface area contributed by atoms with Gasteiger partial charge in [-0.3, -0.25) is 0 Å². The molecule has 1 fully saturated rings. The van der Waals surface area contributed by atoms with E-state index in [9.17, 15) is 0 Å². The van der Waals surface area contributed by atoms with Crippen molar-refractivity contribution in [2.75, 3.05) is 20.2 Å². The van der Waals surface area contributed by atoms with E-state index in [1.54, 1.807) is 7.11 Å². The van der Waals surface area contributed by atoms with E-state index in [1.807, 2.05) is 0 Å². The number of hydrogen-bond acceptors (Lipinski definition) is 3. The number of fused-ring (bicyclic) bond motifs is 3. The lowest BCUT2D eigenvalue weighted by Crippen LogP contribution is -2.27. The van der Waals surface area contributed by atoms with Crippen LogP contribution < -0.4 is 10.1 Å². The van der Waals surface area contributed by atoms with Gasteiger partial charge in [0.15, 0.2) is 0 Å². The smallest absolute Gasteiger partial charge is 0.147 e. The van der Waals surface area contributed by atoms with Crippen LogP contribution in [0.2, 0.25) is 0 Å². The Morgan fingerprint density at radius 3 is 3.00 bits per heavy atom. The second kappa shape index (κ2) is 4.53. The average Bonchev–Trinajstić information content (AvgIpc) is 2.76. The first-order chi connectivity index (χ1) is 8.22. The fraction of sp³-hybridized carbons (Fsp3) is 0.500. The van der Waals surface area contributed by atoms with Crippen LogP contribution in [0.15, 0.2) is 15.0 Å². The van der Waals surface area contributed by atoms with E-state index in [1.165, 1.54) is 11.1 Å². The summed E-state index contributed by atoms with van der Waals surface area (Å²) in [5, 5.41) is 3.39. The Bertz CT molecular complexity index is 464. The van der Waals surface area contributed by atoms with Crippen molar-refractivity contribution in [2.45, 2.75) is 18.6 Å². The highest BCUT2D eigenvalue weighted by atomic mass is 79.9. The van der Waals surface area contributed by atoms with Gasteiger partial charge >= 0.3 is 0 Å². The van der Waals surface area contributed by atoms with Gasteiger partial charge in [0.2, 0.25) is 0 Å². The third-order valence-corrected chi connectivity index (χ3v) is 4.86. The van der Waals surface area contributed by atoms with Crippen LogP contribution in [-0.4, -0.2) is 26.3 Å². The van der Waals surface area contributed by atoms with Crippen molar-refractivity contribution in [3.63, 3.8) is 0 Å². The van der Waals surface area contributed by atoms with E-state index in [0.29, 0.717) is 18.6 Å². The summed E-state index contributed by atoms with van der Waals surface area (Å²) in [5.74, 6) is 1.30. The van der Waals surface area contributed by atoms with E-state index in [-0.39, 0.29) is 0 Å². The van der Waals surface area contributed by atoms with E-state index < -0.39 is 0 Å². The normalized spacial score (nSPS) is 26.5. The zero-order valence-corrected chi connectivity index (χ0v) is 12.6. The molecular weight excluding hydrogens is 350 g/mol. The lowest BCUT2D eigenvalue weighted by Gasteiger charge is -2.30. The molecule has 1 aromatic carbocycles. The molecule has 0 amide bonds. The van der Waals surface area contributed by atoms with Crippen LogP contribution >= 0.6 is 31.9 Å². The van der Waals surface area contributed by atoms with Crippen molar-refractivity contribution in [1.82, 2.24) is 5.32 Å². The Labute approximate surface area is 117 Å². The van der Waals surface area contributed by atoms with Crippen LogP contribution in [0.4, 0.5) is 0 Å². The number of hydrogen-bond donors (Lipinski definition) is 1. The third kappa shape index (κ3) is 1.84. The van der Waals surface area contributed by atoms with Crippen molar-refractivity contribution < 1.29 is 9.47 Å². The van der Waals surface area contributed by atoms with Gasteiger partial charge in [-0.25, -0.2) is 0 Å². The van der Waals surface area contributed by atoms with Gasteiger partial charge in [-0.15, -0.1) is 0 Å².